The van der Waals surface area contributed by atoms with E-state index in [0.29, 0.717) is 18.7 Å². The highest BCUT2D eigenvalue weighted by Gasteiger charge is 2.29. The molecule has 20 heavy (non-hydrogen) atoms. The van der Waals surface area contributed by atoms with Gasteiger partial charge in [-0.05, 0) is 23.8 Å². The quantitative estimate of drug-likeness (QED) is 0.844. The molecule has 0 aliphatic carbocycles. The minimum absolute atomic E-state index is 0.119. The smallest absolute Gasteiger partial charge is 0.337 e. The summed E-state index contributed by atoms with van der Waals surface area (Å²) in [5, 5.41) is 3.14. The molecule has 1 N–H and O–H groups in total. The zero-order valence-electron chi connectivity index (χ0n) is 10.8. The first-order chi connectivity index (χ1) is 9.47. The Kier molecular flexibility index (Phi) is 4.44. The van der Waals surface area contributed by atoms with Crippen LogP contribution in [0.3, 0.4) is 0 Å². The highest BCUT2D eigenvalue weighted by molar-refractivity contribution is 5.91. The molecule has 0 unspecified atom stereocenters. The number of halogens is 3. The van der Waals surface area contributed by atoms with E-state index in [-0.39, 0.29) is 5.91 Å². The molecule has 1 aliphatic rings. The summed E-state index contributed by atoms with van der Waals surface area (Å²) in [5.74, 6) is -0.119. The number of benzene rings is 1. The van der Waals surface area contributed by atoms with Crippen molar-refractivity contribution >= 4 is 12.0 Å². The van der Waals surface area contributed by atoms with E-state index in [9.17, 15) is 18.0 Å². The van der Waals surface area contributed by atoms with Crippen molar-refractivity contribution in [2.75, 3.05) is 26.2 Å². The molecule has 1 saturated heterocycles. The number of hydrogen-bond acceptors (Lipinski definition) is 2. The maximum Gasteiger partial charge on any atom is 0.416 e. The molecule has 1 heterocycles. The molecule has 0 spiro atoms. The van der Waals surface area contributed by atoms with Crippen LogP contribution in [0, 0.1) is 0 Å². The van der Waals surface area contributed by atoms with Crippen LogP contribution in [0.1, 0.15) is 11.1 Å². The van der Waals surface area contributed by atoms with Crippen molar-refractivity contribution in [3.8, 4) is 0 Å². The normalized spacial score (nSPS) is 16.6. The summed E-state index contributed by atoms with van der Waals surface area (Å²) in [6, 6.07) is 4.72. The van der Waals surface area contributed by atoms with Crippen molar-refractivity contribution in [3.05, 3.63) is 41.5 Å². The molecule has 1 fully saturated rings. The van der Waals surface area contributed by atoms with Crippen LogP contribution in [0.4, 0.5) is 13.2 Å². The van der Waals surface area contributed by atoms with Gasteiger partial charge in [-0.25, -0.2) is 0 Å². The van der Waals surface area contributed by atoms with Crippen molar-refractivity contribution in [2.45, 2.75) is 6.18 Å². The molecule has 0 radical (unpaired) electrons. The zero-order chi connectivity index (χ0) is 14.6. The molecular weight excluding hydrogens is 269 g/mol. The Morgan fingerprint density at radius 3 is 2.30 bits per heavy atom. The lowest BCUT2D eigenvalue weighted by Crippen LogP contribution is -2.45. The van der Waals surface area contributed by atoms with Crippen LogP contribution in [0.15, 0.2) is 30.3 Å². The van der Waals surface area contributed by atoms with Gasteiger partial charge in [-0.3, -0.25) is 4.79 Å². The number of amides is 1. The van der Waals surface area contributed by atoms with Gasteiger partial charge < -0.3 is 10.2 Å². The summed E-state index contributed by atoms with van der Waals surface area (Å²) in [4.78, 5) is 13.5. The molecule has 2 rings (SSSR count). The standard InChI is InChI=1S/C14H15F3N2O/c15-14(16,17)12-4-1-11(2-5-12)3-6-13(20)19-9-7-18-8-10-19/h1-6,18H,7-10H2. The predicted octanol–water partition coefficient (Wildman–Crippen LogP) is 2.15. The molecule has 1 aromatic rings. The van der Waals surface area contributed by atoms with Crippen LogP contribution in [-0.2, 0) is 11.0 Å². The van der Waals surface area contributed by atoms with E-state index in [4.69, 9.17) is 0 Å². The summed E-state index contributed by atoms with van der Waals surface area (Å²) >= 11 is 0. The van der Waals surface area contributed by atoms with E-state index >= 15 is 0 Å². The molecule has 0 atom stereocenters. The van der Waals surface area contributed by atoms with Gasteiger partial charge in [0.1, 0.15) is 0 Å². The molecule has 0 aromatic heterocycles. The van der Waals surface area contributed by atoms with Gasteiger partial charge in [0.15, 0.2) is 0 Å². The van der Waals surface area contributed by atoms with Gasteiger partial charge in [0.2, 0.25) is 5.91 Å². The average Bonchev–Trinajstić information content (AvgIpc) is 2.45. The minimum Gasteiger partial charge on any atom is -0.337 e. The molecule has 0 bridgehead atoms. The van der Waals surface area contributed by atoms with E-state index in [1.54, 1.807) is 4.90 Å². The van der Waals surface area contributed by atoms with Crippen molar-refractivity contribution in [1.29, 1.82) is 0 Å². The lowest BCUT2D eigenvalue weighted by molar-refractivity contribution is -0.137. The Hall–Kier alpha value is -1.82. The van der Waals surface area contributed by atoms with Crippen LogP contribution in [-0.4, -0.2) is 37.0 Å². The number of nitrogens with zero attached hydrogens (tertiary/aromatic N) is 1. The molecule has 1 aliphatic heterocycles. The fourth-order valence-electron chi connectivity index (χ4n) is 1.94. The Labute approximate surface area is 115 Å². The molecule has 1 aromatic carbocycles. The average molecular weight is 284 g/mol. The number of rotatable bonds is 2. The molecular formula is C14H15F3N2O. The van der Waals surface area contributed by atoms with E-state index in [0.717, 1.165) is 25.2 Å². The Balaban J connectivity index is 1.98. The molecule has 108 valence electrons. The van der Waals surface area contributed by atoms with Crippen molar-refractivity contribution in [2.24, 2.45) is 0 Å². The third kappa shape index (κ3) is 3.84. The predicted molar refractivity (Wildman–Crippen MR) is 69.9 cm³/mol. The second kappa shape index (κ2) is 6.09. The monoisotopic (exact) mass is 284 g/mol. The van der Waals surface area contributed by atoms with Gasteiger partial charge in [-0.1, -0.05) is 12.1 Å². The summed E-state index contributed by atoms with van der Waals surface area (Å²) in [6.45, 7) is 2.83. The number of carbonyl (C=O) groups excluding carboxylic acids is 1. The summed E-state index contributed by atoms with van der Waals surface area (Å²) < 4.78 is 37.2. The van der Waals surface area contributed by atoms with Gasteiger partial charge in [0, 0.05) is 32.3 Å². The van der Waals surface area contributed by atoms with Crippen molar-refractivity contribution < 1.29 is 18.0 Å². The SMILES string of the molecule is O=C(C=Cc1ccc(C(F)(F)F)cc1)N1CCNCC1. The van der Waals surface area contributed by atoms with Crippen LogP contribution in [0.25, 0.3) is 6.08 Å². The maximum atomic E-state index is 12.4. The third-order valence-corrected chi connectivity index (χ3v) is 3.09. The van der Waals surface area contributed by atoms with E-state index < -0.39 is 11.7 Å². The first-order valence-electron chi connectivity index (χ1n) is 6.32. The Morgan fingerprint density at radius 1 is 1.15 bits per heavy atom. The van der Waals surface area contributed by atoms with Gasteiger partial charge in [-0.15, -0.1) is 0 Å². The van der Waals surface area contributed by atoms with E-state index in [2.05, 4.69) is 5.32 Å². The minimum atomic E-state index is -4.33. The number of nitrogens with one attached hydrogen (secondary N) is 1. The van der Waals surface area contributed by atoms with Crippen LogP contribution in [0.5, 0.6) is 0 Å². The van der Waals surface area contributed by atoms with Gasteiger partial charge in [0.05, 0.1) is 5.56 Å². The lowest BCUT2D eigenvalue weighted by Gasteiger charge is -2.26. The molecule has 1 amide bonds. The number of alkyl halides is 3. The highest BCUT2D eigenvalue weighted by Crippen LogP contribution is 2.29. The number of piperazine rings is 1. The van der Waals surface area contributed by atoms with Crippen LogP contribution in [0.2, 0.25) is 0 Å². The van der Waals surface area contributed by atoms with E-state index in [1.165, 1.54) is 24.3 Å². The molecule has 3 nitrogen and oxygen atoms in total. The van der Waals surface area contributed by atoms with Crippen molar-refractivity contribution in [3.63, 3.8) is 0 Å². The summed E-state index contributed by atoms with van der Waals surface area (Å²) in [5.41, 5.74) is -0.121. The van der Waals surface area contributed by atoms with Gasteiger partial charge >= 0.3 is 6.18 Å². The fourth-order valence-corrected chi connectivity index (χ4v) is 1.94. The first kappa shape index (κ1) is 14.6. The van der Waals surface area contributed by atoms with Gasteiger partial charge in [0.25, 0.3) is 0 Å². The highest BCUT2D eigenvalue weighted by atomic mass is 19.4. The number of carbonyl (C=O) groups is 1. The second-order valence-electron chi connectivity index (χ2n) is 4.53. The van der Waals surface area contributed by atoms with Crippen molar-refractivity contribution in [1.82, 2.24) is 10.2 Å². The topological polar surface area (TPSA) is 32.3 Å². The maximum absolute atomic E-state index is 12.4. The fraction of sp³-hybridized carbons (Fsp3) is 0.357. The van der Waals surface area contributed by atoms with E-state index in [1.807, 2.05) is 0 Å². The number of hydrogen-bond donors (Lipinski definition) is 1. The first-order valence-corrected chi connectivity index (χ1v) is 6.32. The zero-order valence-corrected chi connectivity index (χ0v) is 10.8. The second-order valence-corrected chi connectivity index (χ2v) is 4.53. The Morgan fingerprint density at radius 2 is 1.75 bits per heavy atom. The molecule has 0 saturated carbocycles. The lowest BCUT2D eigenvalue weighted by atomic mass is 10.1. The summed E-state index contributed by atoms with van der Waals surface area (Å²) in [6.07, 6.45) is -1.41. The Bertz CT molecular complexity index is 488. The molecule has 6 heteroatoms. The van der Waals surface area contributed by atoms with Crippen LogP contribution >= 0.6 is 0 Å². The third-order valence-electron chi connectivity index (χ3n) is 3.09. The largest absolute Gasteiger partial charge is 0.416 e. The van der Waals surface area contributed by atoms with Crippen LogP contribution < -0.4 is 5.32 Å². The summed E-state index contributed by atoms with van der Waals surface area (Å²) in [7, 11) is 0. The van der Waals surface area contributed by atoms with Gasteiger partial charge in [-0.2, -0.15) is 13.2 Å².